The molecule has 0 saturated heterocycles. The highest BCUT2D eigenvalue weighted by Gasteiger charge is 2.17. The SMILES string of the molecule is Nc1nccnc1C(=O)Nc1ccc2c(c1)NC(=O)CO2. The summed E-state index contributed by atoms with van der Waals surface area (Å²) in [6.07, 6.45) is 2.78. The normalized spacial score (nSPS) is 12.9. The summed E-state index contributed by atoms with van der Waals surface area (Å²) in [4.78, 5) is 31.0. The fraction of sp³-hybridized carbons (Fsp3) is 0.0769. The fourth-order valence-corrected chi connectivity index (χ4v) is 1.87. The van der Waals surface area contributed by atoms with Crippen molar-refractivity contribution in [2.24, 2.45) is 0 Å². The number of benzene rings is 1. The zero-order valence-corrected chi connectivity index (χ0v) is 10.8. The summed E-state index contributed by atoms with van der Waals surface area (Å²) in [6.45, 7) is -0.0190. The summed E-state index contributed by atoms with van der Waals surface area (Å²) >= 11 is 0. The lowest BCUT2D eigenvalue weighted by Crippen LogP contribution is -2.25. The molecule has 0 saturated carbocycles. The number of aromatic nitrogens is 2. The van der Waals surface area contributed by atoms with Crippen molar-refractivity contribution in [2.45, 2.75) is 0 Å². The van der Waals surface area contributed by atoms with E-state index in [1.54, 1.807) is 18.2 Å². The number of ether oxygens (including phenoxy) is 1. The summed E-state index contributed by atoms with van der Waals surface area (Å²) in [6, 6.07) is 4.90. The first-order valence-electron chi connectivity index (χ1n) is 6.08. The minimum Gasteiger partial charge on any atom is -0.482 e. The number of carbonyl (C=O) groups excluding carboxylic acids is 2. The first kappa shape index (κ1) is 12.9. The molecule has 1 aromatic heterocycles. The van der Waals surface area contributed by atoms with E-state index in [2.05, 4.69) is 20.6 Å². The predicted octanol–water partition coefficient (Wildman–Crippen LogP) is 0.642. The zero-order valence-electron chi connectivity index (χ0n) is 10.8. The predicted molar refractivity (Wildman–Crippen MR) is 75.0 cm³/mol. The molecular weight excluding hydrogens is 274 g/mol. The number of anilines is 3. The Morgan fingerprint density at radius 1 is 1.33 bits per heavy atom. The van der Waals surface area contributed by atoms with Gasteiger partial charge in [0, 0.05) is 18.1 Å². The van der Waals surface area contributed by atoms with Crippen LogP contribution in [0.25, 0.3) is 0 Å². The van der Waals surface area contributed by atoms with E-state index >= 15 is 0 Å². The van der Waals surface area contributed by atoms with Crippen molar-refractivity contribution in [3.05, 3.63) is 36.3 Å². The Morgan fingerprint density at radius 3 is 2.95 bits per heavy atom. The molecule has 4 N–H and O–H groups in total. The average molecular weight is 285 g/mol. The topological polar surface area (TPSA) is 119 Å². The molecule has 0 bridgehead atoms. The van der Waals surface area contributed by atoms with E-state index in [9.17, 15) is 9.59 Å². The number of hydrogen-bond donors (Lipinski definition) is 3. The Kier molecular flexibility index (Phi) is 3.11. The third kappa shape index (κ3) is 2.59. The van der Waals surface area contributed by atoms with Crippen molar-refractivity contribution in [3.63, 3.8) is 0 Å². The smallest absolute Gasteiger partial charge is 0.278 e. The summed E-state index contributed by atoms with van der Waals surface area (Å²) < 4.78 is 5.23. The number of rotatable bonds is 2. The second-order valence-corrected chi connectivity index (χ2v) is 4.29. The molecule has 1 aliphatic heterocycles. The Hall–Kier alpha value is -3.16. The minimum absolute atomic E-state index is 0.0190. The molecule has 0 radical (unpaired) electrons. The Morgan fingerprint density at radius 2 is 2.14 bits per heavy atom. The molecule has 2 amide bonds. The summed E-state index contributed by atoms with van der Waals surface area (Å²) in [5, 5.41) is 5.29. The molecule has 2 aromatic rings. The van der Waals surface area contributed by atoms with Crippen molar-refractivity contribution in [3.8, 4) is 5.75 Å². The molecule has 2 heterocycles. The van der Waals surface area contributed by atoms with E-state index in [0.29, 0.717) is 17.1 Å². The second kappa shape index (κ2) is 5.08. The molecule has 8 nitrogen and oxygen atoms in total. The highest BCUT2D eigenvalue weighted by Crippen LogP contribution is 2.30. The van der Waals surface area contributed by atoms with Crippen LogP contribution in [0.2, 0.25) is 0 Å². The van der Waals surface area contributed by atoms with Gasteiger partial charge in [0.25, 0.3) is 11.8 Å². The lowest BCUT2D eigenvalue weighted by Gasteiger charge is -2.18. The largest absolute Gasteiger partial charge is 0.482 e. The number of nitrogens with one attached hydrogen (secondary N) is 2. The van der Waals surface area contributed by atoms with Crippen LogP contribution in [0.1, 0.15) is 10.5 Å². The third-order valence-corrected chi connectivity index (χ3v) is 2.81. The number of nitrogens with two attached hydrogens (primary N) is 1. The van der Waals surface area contributed by atoms with Gasteiger partial charge < -0.3 is 21.1 Å². The Balaban J connectivity index is 1.82. The average Bonchev–Trinajstić information content (AvgIpc) is 2.47. The molecule has 0 spiro atoms. The van der Waals surface area contributed by atoms with E-state index in [0.717, 1.165) is 0 Å². The Labute approximate surface area is 119 Å². The van der Waals surface area contributed by atoms with Crippen LogP contribution >= 0.6 is 0 Å². The van der Waals surface area contributed by atoms with E-state index in [1.807, 2.05) is 0 Å². The molecule has 21 heavy (non-hydrogen) atoms. The molecule has 8 heteroatoms. The van der Waals surface area contributed by atoms with Crippen LogP contribution in [0.4, 0.5) is 17.2 Å². The van der Waals surface area contributed by atoms with E-state index in [1.165, 1.54) is 12.4 Å². The molecule has 0 atom stereocenters. The Bertz CT molecular complexity index is 731. The lowest BCUT2D eigenvalue weighted by atomic mass is 10.2. The molecule has 0 fully saturated rings. The van der Waals surface area contributed by atoms with Gasteiger partial charge in [-0.25, -0.2) is 9.97 Å². The van der Waals surface area contributed by atoms with Gasteiger partial charge in [0.1, 0.15) is 5.75 Å². The quantitative estimate of drug-likeness (QED) is 0.745. The van der Waals surface area contributed by atoms with Crippen LogP contribution in [0.3, 0.4) is 0 Å². The summed E-state index contributed by atoms with van der Waals surface area (Å²) in [5.74, 6) is -0.135. The molecule has 106 valence electrons. The molecular formula is C13H11N5O3. The highest BCUT2D eigenvalue weighted by molar-refractivity contribution is 6.06. The van der Waals surface area contributed by atoms with Gasteiger partial charge in [-0.05, 0) is 18.2 Å². The van der Waals surface area contributed by atoms with Gasteiger partial charge in [-0.1, -0.05) is 0 Å². The fourth-order valence-electron chi connectivity index (χ4n) is 1.87. The van der Waals surface area contributed by atoms with Gasteiger partial charge >= 0.3 is 0 Å². The number of amides is 2. The number of fused-ring (bicyclic) bond motifs is 1. The van der Waals surface area contributed by atoms with Crippen molar-refractivity contribution in [1.82, 2.24) is 9.97 Å². The van der Waals surface area contributed by atoms with Gasteiger partial charge in [-0.15, -0.1) is 0 Å². The number of nitrogens with zero attached hydrogens (tertiary/aromatic N) is 2. The van der Waals surface area contributed by atoms with Crippen LogP contribution < -0.4 is 21.1 Å². The van der Waals surface area contributed by atoms with Crippen molar-refractivity contribution < 1.29 is 14.3 Å². The number of hydrogen-bond acceptors (Lipinski definition) is 6. The summed E-state index contributed by atoms with van der Waals surface area (Å²) in [5.41, 5.74) is 6.61. The van der Waals surface area contributed by atoms with Crippen LogP contribution in [-0.4, -0.2) is 28.4 Å². The van der Waals surface area contributed by atoms with Crippen LogP contribution in [0.5, 0.6) is 5.75 Å². The van der Waals surface area contributed by atoms with Gasteiger partial charge in [-0.3, -0.25) is 9.59 Å². The molecule has 1 aliphatic rings. The van der Waals surface area contributed by atoms with Gasteiger partial charge in [0.15, 0.2) is 18.1 Å². The maximum Gasteiger partial charge on any atom is 0.278 e. The van der Waals surface area contributed by atoms with Gasteiger partial charge in [0.2, 0.25) is 0 Å². The van der Waals surface area contributed by atoms with Gasteiger partial charge in [-0.2, -0.15) is 0 Å². The van der Waals surface area contributed by atoms with Gasteiger partial charge in [0.05, 0.1) is 5.69 Å². The first-order chi connectivity index (χ1) is 10.1. The summed E-state index contributed by atoms with van der Waals surface area (Å²) in [7, 11) is 0. The lowest BCUT2D eigenvalue weighted by molar-refractivity contribution is -0.118. The maximum atomic E-state index is 12.1. The zero-order chi connectivity index (χ0) is 14.8. The second-order valence-electron chi connectivity index (χ2n) is 4.29. The number of carbonyl (C=O) groups is 2. The third-order valence-electron chi connectivity index (χ3n) is 2.81. The highest BCUT2D eigenvalue weighted by atomic mass is 16.5. The number of nitrogen functional groups attached to an aromatic ring is 1. The molecule has 0 aliphatic carbocycles. The minimum atomic E-state index is -0.483. The van der Waals surface area contributed by atoms with Crippen molar-refractivity contribution in [1.29, 1.82) is 0 Å². The standard InChI is InChI=1S/C13H11N5O3/c14-12-11(15-3-4-16-12)13(20)17-7-1-2-9-8(5-7)18-10(19)6-21-9/h1-5H,6H2,(H2,14,16)(H,17,20)(H,18,19). The van der Waals surface area contributed by atoms with E-state index < -0.39 is 5.91 Å². The van der Waals surface area contributed by atoms with Crippen molar-refractivity contribution in [2.75, 3.05) is 23.0 Å². The van der Waals surface area contributed by atoms with E-state index in [4.69, 9.17) is 10.5 Å². The maximum absolute atomic E-state index is 12.1. The van der Waals surface area contributed by atoms with Crippen molar-refractivity contribution >= 4 is 29.0 Å². The van der Waals surface area contributed by atoms with Crippen LogP contribution in [0.15, 0.2) is 30.6 Å². The van der Waals surface area contributed by atoms with Crippen LogP contribution in [0, 0.1) is 0 Å². The first-order valence-corrected chi connectivity index (χ1v) is 6.08. The molecule has 0 unspecified atom stereocenters. The monoisotopic (exact) mass is 285 g/mol. The molecule has 1 aromatic carbocycles. The van der Waals surface area contributed by atoms with E-state index in [-0.39, 0.29) is 24.0 Å². The molecule has 3 rings (SSSR count). The van der Waals surface area contributed by atoms with Crippen LogP contribution in [-0.2, 0) is 4.79 Å².